The minimum Gasteiger partial charge on any atom is -0.461 e. The van der Waals surface area contributed by atoms with Gasteiger partial charge in [0.05, 0.1) is 19.8 Å². The molecule has 2 unspecified atom stereocenters. The van der Waals surface area contributed by atoms with Crippen LogP contribution in [-0.4, -0.2) is 56.2 Å². The van der Waals surface area contributed by atoms with Gasteiger partial charge in [-0.2, -0.15) is 39.5 Å². The highest BCUT2D eigenvalue weighted by Crippen LogP contribution is 2.47. The molecule has 0 bridgehead atoms. The van der Waals surface area contributed by atoms with Crippen LogP contribution in [0.15, 0.2) is 47.6 Å². The zero-order chi connectivity index (χ0) is 49.7. The molecule has 0 amide bonds. The van der Waals surface area contributed by atoms with Gasteiger partial charge in [-0.15, -0.1) is 0 Å². The maximum Gasteiger partial charge on any atom is 0.460 e. The molecule has 0 radical (unpaired) electrons. The van der Waals surface area contributed by atoms with Crippen LogP contribution in [-0.2, 0) is 23.8 Å². The molecule has 1 aromatic rings. The van der Waals surface area contributed by atoms with Crippen LogP contribution in [0.25, 0.3) is 0 Å². The molecule has 2 aliphatic rings. The average molecular weight is 951 g/mol. The van der Waals surface area contributed by atoms with Crippen LogP contribution in [0.3, 0.4) is 0 Å². The summed E-state index contributed by atoms with van der Waals surface area (Å²) in [5, 5.41) is 0. The highest BCUT2D eigenvalue weighted by Gasteiger charge is 2.77. The number of hydrogen-bond donors (Lipinski definition) is 0. The van der Waals surface area contributed by atoms with Crippen LogP contribution < -0.4 is 4.74 Å². The van der Waals surface area contributed by atoms with Gasteiger partial charge in [0.1, 0.15) is 0 Å². The minimum atomic E-state index is -6.83. The highest BCUT2D eigenvalue weighted by molar-refractivity contribution is 5.81. The predicted octanol–water partition coefficient (Wildman–Crippen LogP) is 15.3. The van der Waals surface area contributed by atoms with Crippen molar-refractivity contribution in [2.24, 2.45) is 29.6 Å². The fourth-order valence-electron chi connectivity index (χ4n) is 7.22. The summed E-state index contributed by atoms with van der Waals surface area (Å²) >= 11 is 0. The van der Waals surface area contributed by atoms with Gasteiger partial charge in [0.25, 0.3) is 0 Å². The lowest BCUT2D eigenvalue weighted by molar-refractivity contribution is -0.346. The van der Waals surface area contributed by atoms with E-state index < -0.39 is 60.1 Å². The van der Waals surface area contributed by atoms with Crippen molar-refractivity contribution in [1.82, 2.24) is 0 Å². The van der Waals surface area contributed by atoms with Crippen molar-refractivity contribution in [1.29, 1.82) is 0 Å². The summed E-state index contributed by atoms with van der Waals surface area (Å²) < 4.78 is 161. The van der Waals surface area contributed by atoms with E-state index in [-0.39, 0.29) is 31.3 Å². The van der Waals surface area contributed by atoms with Crippen LogP contribution in [0.1, 0.15) is 151 Å². The van der Waals surface area contributed by atoms with Crippen molar-refractivity contribution in [3.05, 3.63) is 64.8 Å². The van der Waals surface area contributed by atoms with Gasteiger partial charge in [-0.1, -0.05) is 116 Å². The predicted molar refractivity (Wildman–Crippen MR) is 228 cm³/mol. The zero-order valence-electron chi connectivity index (χ0n) is 39.0. The lowest BCUT2D eigenvalue weighted by Gasteiger charge is -2.37. The number of halogens is 11. The summed E-state index contributed by atoms with van der Waals surface area (Å²) in [6, 6.07) is 0.979. The summed E-state index contributed by atoms with van der Waals surface area (Å²) in [5.41, 5.74) is 3.36. The van der Waals surface area contributed by atoms with Gasteiger partial charge >= 0.3 is 36.4 Å². The Morgan fingerprint density at radius 1 is 0.831 bits per heavy atom. The SMILES string of the molecule is C=C(CCC(C)CCCCC)/C(C)=C/C=C(\C)C(C)CCCOC(=O)C(F)F.CC.CCC1CCC(C2COC(c3cc(F)c(OC(=O)C(F)(F)C(F)(F)C(F)(F)F)c(F)c3)OC2)CC1. The van der Waals surface area contributed by atoms with Gasteiger partial charge in [0.15, 0.2) is 17.9 Å². The second-order valence-electron chi connectivity index (χ2n) is 16.8. The van der Waals surface area contributed by atoms with Crippen LogP contribution in [0.5, 0.6) is 5.75 Å². The Balaban J connectivity index is 0.000000643. The van der Waals surface area contributed by atoms with E-state index in [4.69, 9.17) is 9.47 Å². The largest absolute Gasteiger partial charge is 0.461 e. The van der Waals surface area contributed by atoms with Crippen molar-refractivity contribution < 1.29 is 76.8 Å². The number of benzene rings is 1. The molecule has 1 aliphatic carbocycles. The van der Waals surface area contributed by atoms with E-state index in [0.717, 1.165) is 50.9 Å². The van der Waals surface area contributed by atoms with Crippen LogP contribution in [0.4, 0.5) is 48.3 Å². The van der Waals surface area contributed by atoms with Gasteiger partial charge in [0, 0.05) is 11.5 Å². The second kappa shape index (κ2) is 28.6. The topological polar surface area (TPSA) is 71.1 Å². The van der Waals surface area contributed by atoms with E-state index in [1.807, 2.05) is 13.8 Å². The molecule has 3 rings (SSSR count). The van der Waals surface area contributed by atoms with Crippen LogP contribution in [0, 0.1) is 41.2 Å². The number of alkyl halides is 9. The first kappa shape index (κ1) is 59.5. The smallest absolute Gasteiger partial charge is 0.460 e. The molecule has 17 heteroatoms. The number of rotatable bonds is 21. The zero-order valence-corrected chi connectivity index (χ0v) is 39.0. The number of unbranched alkanes of at least 4 members (excludes halogenated alkanes) is 2. The molecule has 1 saturated carbocycles. The third kappa shape index (κ3) is 19.0. The van der Waals surface area contributed by atoms with Crippen molar-refractivity contribution in [3.63, 3.8) is 0 Å². The fraction of sp³-hybridized carbons (Fsp3) is 0.708. The Morgan fingerprint density at radius 3 is 1.91 bits per heavy atom. The van der Waals surface area contributed by atoms with Gasteiger partial charge in [0.2, 0.25) is 5.75 Å². The third-order valence-corrected chi connectivity index (χ3v) is 11.9. The van der Waals surface area contributed by atoms with Crippen molar-refractivity contribution in [3.8, 4) is 5.75 Å². The Labute approximate surface area is 377 Å². The second-order valence-corrected chi connectivity index (χ2v) is 16.8. The maximum atomic E-state index is 14.3. The molecule has 0 N–H and O–H groups in total. The summed E-state index contributed by atoms with van der Waals surface area (Å²) in [6.45, 7) is 21.7. The number of esters is 2. The first-order chi connectivity index (χ1) is 30.4. The third-order valence-electron chi connectivity index (χ3n) is 11.9. The summed E-state index contributed by atoms with van der Waals surface area (Å²) in [5.74, 6) is -21.5. The Kier molecular flexibility index (Phi) is 26.2. The van der Waals surface area contributed by atoms with Gasteiger partial charge in [-0.05, 0) is 93.7 Å². The minimum absolute atomic E-state index is 0.0446. The number of carbonyl (C=O) groups is 2. The first-order valence-electron chi connectivity index (χ1n) is 22.6. The molecule has 2 atom stereocenters. The molecule has 1 aromatic carbocycles. The van der Waals surface area contributed by atoms with E-state index in [9.17, 15) is 57.9 Å². The Bertz CT molecular complexity index is 1640. The Morgan fingerprint density at radius 2 is 1.40 bits per heavy atom. The molecular weight excluding hydrogens is 882 g/mol. The average Bonchev–Trinajstić information content (AvgIpc) is 3.27. The summed E-state index contributed by atoms with van der Waals surface area (Å²) in [4.78, 5) is 22.0. The quantitative estimate of drug-likeness (QED) is 0.0402. The molecule has 1 saturated heterocycles. The summed E-state index contributed by atoms with van der Waals surface area (Å²) in [6.07, 6.45) is 7.21. The van der Waals surface area contributed by atoms with E-state index >= 15 is 0 Å². The van der Waals surface area contributed by atoms with Gasteiger partial charge in [-0.25, -0.2) is 18.4 Å². The fourth-order valence-corrected chi connectivity index (χ4v) is 7.22. The standard InChI is InChI=1S/C24H40F2O2.C22H23F9O4.C2H6/c1-7-8-9-11-18(2)13-14-20(4)22(6)16-15-21(5)19(3)12-10-17-28-24(27)23(25)26;1-2-11-3-5-12(6-4-11)14-9-33-18(34-10-14)13-7-15(23)17(16(24)8-13)35-19(32)20(25,26)21(27,28)22(29,30)31;1-2/h15-16,18-19,23H,4,7-14,17H2,1-3,5-6H3;7-8,11-12,14,18H,2-6,9-10H2,1H3;1-2H3/b21-15+,22-16+;;. The molecule has 2 fully saturated rings. The number of allylic oxidation sites excluding steroid dienone is 5. The van der Waals surface area contributed by atoms with Crippen molar-refractivity contribution in [2.75, 3.05) is 19.8 Å². The van der Waals surface area contributed by atoms with E-state index in [0.29, 0.717) is 36.3 Å². The molecule has 65 heavy (non-hydrogen) atoms. The number of ether oxygens (including phenoxy) is 4. The highest BCUT2D eigenvalue weighted by atomic mass is 19.4. The molecule has 1 heterocycles. The monoisotopic (exact) mass is 950 g/mol. The van der Waals surface area contributed by atoms with E-state index in [1.54, 1.807) is 0 Å². The molecular formula is C48H69F11O6. The molecule has 0 aromatic heterocycles. The van der Waals surface area contributed by atoms with E-state index in [2.05, 4.69) is 69.7 Å². The maximum absolute atomic E-state index is 14.3. The lowest BCUT2D eigenvalue weighted by Crippen LogP contribution is -2.57. The van der Waals surface area contributed by atoms with Crippen LogP contribution in [0.2, 0.25) is 0 Å². The van der Waals surface area contributed by atoms with Gasteiger partial charge < -0.3 is 18.9 Å². The molecule has 6 nitrogen and oxygen atoms in total. The van der Waals surface area contributed by atoms with Gasteiger partial charge in [-0.3, -0.25) is 0 Å². The number of hydrogen-bond acceptors (Lipinski definition) is 6. The normalized spacial score (nSPS) is 20.7. The van der Waals surface area contributed by atoms with E-state index in [1.165, 1.54) is 48.8 Å². The molecule has 1 aliphatic heterocycles. The summed E-state index contributed by atoms with van der Waals surface area (Å²) in [7, 11) is 0. The van der Waals surface area contributed by atoms with Crippen LogP contribution >= 0.6 is 0 Å². The van der Waals surface area contributed by atoms with Crippen molar-refractivity contribution >= 4 is 11.9 Å². The first-order valence-corrected chi connectivity index (χ1v) is 22.6. The molecule has 0 spiro atoms. The van der Waals surface area contributed by atoms with Crippen molar-refractivity contribution in [2.45, 2.75) is 170 Å². The lowest BCUT2D eigenvalue weighted by atomic mass is 9.75. The Hall–Kier alpha value is -3.47. The molecule has 374 valence electrons. The number of carbonyl (C=O) groups excluding carboxylic acids is 2.